The number of fused-ring (bicyclic) bond motifs is 1. The number of hydrogen-bond acceptors (Lipinski definition) is 6. The lowest BCUT2D eigenvalue weighted by atomic mass is 10.1. The number of aryl methyl sites for hydroxylation is 2. The standard InChI is InChI=1S/C24H24N2O3S2/c1-14-9-15(2)11-19(10-14)26-22(27)21-20(12-16(3)31-21)25-24(26)30-13-17-5-7-18(8-6-17)23(28)29-4/h5-11,16H,12-13H2,1-4H3. The molecule has 1 aromatic heterocycles. The fourth-order valence-electron chi connectivity index (χ4n) is 3.71. The van der Waals surface area contributed by atoms with Crippen molar-refractivity contribution in [2.75, 3.05) is 7.11 Å². The second kappa shape index (κ2) is 8.93. The molecule has 0 saturated heterocycles. The number of aromatic nitrogens is 2. The van der Waals surface area contributed by atoms with Crippen molar-refractivity contribution < 1.29 is 9.53 Å². The van der Waals surface area contributed by atoms with Crippen molar-refractivity contribution in [3.8, 4) is 5.69 Å². The van der Waals surface area contributed by atoms with Gasteiger partial charge in [0.2, 0.25) is 0 Å². The van der Waals surface area contributed by atoms with E-state index < -0.39 is 0 Å². The van der Waals surface area contributed by atoms with Crippen molar-refractivity contribution in [2.45, 2.75) is 48.2 Å². The molecule has 5 nitrogen and oxygen atoms in total. The molecule has 2 heterocycles. The lowest BCUT2D eigenvalue weighted by molar-refractivity contribution is 0.0600. The van der Waals surface area contributed by atoms with Gasteiger partial charge in [-0.25, -0.2) is 9.78 Å². The summed E-state index contributed by atoms with van der Waals surface area (Å²) < 4.78 is 6.51. The Morgan fingerprint density at radius 2 is 1.87 bits per heavy atom. The molecule has 3 aromatic rings. The quantitative estimate of drug-likeness (QED) is 0.310. The van der Waals surface area contributed by atoms with Gasteiger partial charge in [0, 0.05) is 17.4 Å². The molecule has 0 bridgehead atoms. The van der Waals surface area contributed by atoms with Crippen LogP contribution in [0.3, 0.4) is 0 Å². The van der Waals surface area contributed by atoms with Crippen LogP contribution in [0.2, 0.25) is 0 Å². The second-order valence-corrected chi connectivity index (χ2v) is 10.2. The Hall–Kier alpha value is -2.51. The topological polar surface area (TPSA) is 61.2 Å². The van der Waals surface area contributed by atoms with Crippen LogP contribution < -0.4 is 5.56 Å². The zero-order valence-corrected chi connectivity index (χ0v) is 19.6. The molecule has 7 heteroatoms. The van der Waals surface area contributed by atoms with Crippen LogP contribution >= 0.6 is 23.5 Å². The van der Waals surface area contributed by atoms with Gasteiger partial charge in [-0.15, -0.1) is 11.8 Å². The first-order valence-corrected chi connectivity index (χ1v) is 11.9. The fourth-order valence-corrected chi connectivity index (χ4v) is 5.79. The molecule has 0 N–H and O–H groups in total. The van der Waals surface area contributed by atoms with Crippen LogP contribution in [-0.4, -0.2) is 27.9 Å². The number of nitrogens with zero attached hydrogens (tertiary/aromatic N) is 2. The third kappa shape index (κ3) is 4.57. The Morgan fingerprint density at radius 3 is 2.52 bits per heavy atom. The zero-order chi connectivity index (χ0) is 22.1. The minimum atomic E-state index is -0.352. The maximum Gasteiger partial charge on any atom is 0.337 e. The van der Waals surface area contributed by atoms with E-state index in [1.54, 1.807) is 28.5 Å². The number of esters is 1. The molecular weight excluding hydrogens is 428 g/mol. The van der Waals surface area contributed by atoms with E-state index in [2.05, 4.69) is 13.0 Å². The van der Waals surface area contributed by atoms with Crippen LogP contribution in [0.1, 0.15) is 39.7 Å². The van der Waals surface area contributed by atoms with E-state index in [9.17, 15) is 9.59 Å². The molecule has 1 unspecified atom stereocenters. The smallest absolute Gasteiger partial charge is 0.337 e. The summed E-state index contributed by atoms with van der Waals surface area (Å²) in [5, 5.41) is 1.05. The number of carbonyl (C=O) groups excluding carboxylic acids is 1. The van der Waals surface area contributed by atoms with Gasteiger partial charge in [0.15, 0.2) is 5.16 Å². The maximum atomic E-state index is 13.5. The Kier molecular flexibility index (Phi) is 6.25. The van der Waals surface area contributed by atoms with E-state index >= 15 is 0 Å². The molecule has 0 fully saturated rings. The molecule has 4 rings (SSSR count). The molecule has 1 aliphatic heterocycles. The summed E-state index contributed by atoms with van der Waals surface area (Å²) in [5.74, 6) is 0.287. The Bertz CT molecular complexity index is 1180. The van der Waals surface area contributed by atoms with Crippen molar-refractivity contribution >= 4 is 29.5 Å². The van der Waals surface area contributed by atoms with Crippen molar-refractivity contribution in [3.05, 3.63) is 80.8 Å². The van der Waals surface area contributed by atoms with Gasteiger partial charge in [0.25, 0.3) is 5.56 Å². The minimum absolute atomic E-state index is 0.00730. The second-order valence-electron chi connectivity index (χ2n) is 7.77. The fraction of sp³-hybridized carbons (Fsp3) is 0.292. The van der Waals surface area contributed by atoms with Gasteiger partial charge in [-0.05, 0) is 54.8 Å². The van der Waals surface area contributed by atoms with Gasteiger partial charge >= 0.3 is 5.97 Å². The van der Waals surface area contributed by atoms with Crippen molar-refractivity contribution in [3.63, 3.8) is 0 Å². The predicted molar refractivity (Wildman–Crippen MR) is 126 cm³/mol. The predicted octanol–water partition coefficient (Wildman–Crippen LogP) is 4.96. The summed E-state index contributed by atoms with van der Waals surface area (Å²) in [7, 11) is 1.37. The largest absolute Gasteiger partial charge is 0.465 e. The number of methoxy groups -OCH3 is 1. The SMILES string of the molecule is COC(=O)c1ccc(CSc2nc3c(c(=O)n2-c2cc(C)cc(C)c2)SC(C)C3)cc1. The highest BCUT2D eigenvalue weighted by atomic mass is 32.2. The van der Waals surface area contributed by atoms with Gasteiger partial charge in [0.05, 0.1) is 29.0 Å². The summed E-state index contributed by atoms with van der Waals surface area (Å²) >= 11 is 3.15. The summed E-state index contributed by atoms with van der Waals surface area (Å²) in [5.41, 5.74) is 5.53. The summed E-state index contributed by atoms with van der Waals surface area (Å²) in [6.07, 6.45) is 0.810. The Morgan fingerprint density at radius 1 is 1.19 bits per heavy atom. The van der Waals surface area contributed by atoms with Gasteiger partial charge in [-0.2, -0.15) is 0 Å². The Balaban J connectivity index is 1.71. The maximum absolute atomic E-state index is 13.5. The number of thioether (sulfide) groups is 2. The highest BCUT2D eigenvalue weighted by molar-refractivity contribution is 8.00. The molecule has 1 aliphatic rings. The van der Waals surface area contributed by atoms with Crippen LogP contribution in [0, 0.1) is 13.8 Å². The molecule has 2 aromatic carbocycles. The number of benzene rings is 2. The van der Waals surface area contributed by atoms with E-state index in [0.29, 0.717) is 21.7 Å². The third-order valence-corrected chi connectivity index (χ3v) is 7.31. The first-order valence-electron chi connectivity index (χ1n) is 10.1. The first kappa shape index (κ1) is 21.7. The van der Waals surface area contributed by atoms with Crippen LogP contribution in [0.25, 0.3) is 5.69 Å². The number of ether oxygens (including phenoxy) is 1. The molecular formula is C24H24N2O3S2. The molecule has 160 valence electrons. The number of hydrogen-bond donors (Lipinski definition) is 0. The van der Waals surface area contributed by atoms with E-state index in [1.807, 2.05) is 38.1 Å². The van der Waals surface area contributed by atoms with Crippen LogP contribution in [0.5, 0.6) is 0 Å². The molecule has 0 saturated carbocycles. The molecule has 0 radical (unpaired) electrons. The van der Waals surface area contributed by atoms with Crippen LogP contribution in [0.4, 0.5) is 0 Å². The van der Waals surface area contributed by atoms with Gasteiger partial charge < -0.3 is 4.74 Å². The number of carbonyl (C=O) groups is 1. The average molecular weight is 453 g/mol. The summed E-state index contributed by atoms with van der Waals surface area (Å²) in [4.78, 5) is 30.8. The average Bonchev–Trinajstić information content (AvgIpc) is 3.12. The monoisotopic (exact) mass is 452 g/mol. The van der Waals surface area contributed by atoms with Crippen LogP contribution in [-0.2, 0) is 16.9 Å². The minimum Gasteiger partial charge on any atom is -0.465 e. The zero-order valence-electron chi connectivity index (χ0n) is 18.0. The molecule has 0 amide bonds. The number of rotatable bonds is 5. The van der Waals surface area contributed by atoms with E-state index in [-0.39, 0.29) is 11.5 Å². The lowest BCUT2D eigenvalue weighted by Gasteiger charge is -2.15. The van der Waals surface area contributed by atoms with Gasteiger partial charge in [-0.3, -0.25) is 9.36 Å². The van der Waals surface area contributed by atoms with Crippen molar-refractivity contribution in [1.82, 2.24) is 9.55 Å². The normalized spacial score (nSPS) is 15.0. The van der Waals surface area contributed by atoms with Crippen LogP contribution in [0.15, 0.2) is 57.3 Å². The highest BCUT2D eigenvalue weighted by Crippen LogP contribution is 2.35. The van der Waals surface area contributed by atoms with E-state index in [1.165, 1.54) is 18.9 Å². The molecule has 0 spiro atoms. The van der Waals surface area contributed by atoms with Crippen molar-refractivity contribution in [1.29, 1.82) is 0 Å². The first-order chi connectivity index (χ1) is 14.9. The summed E-state index contributed by atoms with van der Waals surface area (Å²) in [6, 6.07) is 13.5. The molecule has 1 atom stereocenters. The third-order valence-electron chi connectivity index (χ3n) is 5.09. The van der Waals surface area contributed by atoms with Crippen molar-refractivity contribution in [2.24, 2.45) is 0 Å². The van der Waals surface area contributed by atoms with Gasteiger partial charge in [-0.1, -0.05) is 36.9 Å². The van der Waals surface area contributed by atoms with E-state index in [0.717, 1.165) is 39.4 Å². The lowest BCUT2D eigenvalue weighted by Crippen LogP contribution is -2.24. The molecule has 0 aliphatic carbocycles. The summed E-state index contributed by atoms with van der Waals surface area (Å²) in [6.45, 7) is 6.20. The highest BCUT2D eigenvalue weighted by Gasteiger charge is 2.27. The van der Waals surface area contributed by atoms with E-state index in [4.69, 9.17) is 9.72 Å². The van der Waals surface area contributed by atoms with Gasteiger partial charge in [0.1, 0.15) is 0 Å². The molecule has 31 heavy (non-hydrogen) atoms. The Labute approximate surface area is 190 Å².